The molecule has 0 amide bonds. The molecule has 1 heterocycles. The van der Waals surface area contributed by atoms with Gasteiger partial charge in [0.2, 0.25) is 0 Å². The number of rotatable bonds is 6. The van der Waals surface area contributed by atoms with Crippen molar-refractivity contribution < 1.29 is 10.2 Å². The Bertz CT molecular complexity index is 485. The van der Waals surface area contributed by atoms with Crippen LogP contribution in [0, 0.1) is 0 Å². The molecule has 100 valence electrons. The Morgan fingerprint density at radius 3 is 2.94 bits per heavy atom. The summed E-state index contributed by atoms with van der Waals surface area (Å²) in [7, 11) is 0. The molecule has 0 saturated carbocycles. The van der Waals surface area contributed by atoms with E-state index in [9.17, 15) is 9.90 Å². The zero-order valence-corrected chi connectivity index (χ0v) is 11.6. The van der Waals surface area contributed by atoms with Gasteiger partial charge in [0.1, 0.15) is 10.1 Å². The summed E-state index contributed by atoms with van der Waals surface area (Å²) in [5.74, 6) is 0. The fraction of sp³-hybridized carbons (Fsp3) is 0.455. The van der Waals surface area contributed by atoms with Crippen molar-refractivity contribution in [2.24, 2.45) is 0 Å². The molecule has 6 nitrogen and oxygen atoms in total. The Kier molecular flexibility index (Phi) is 5.06. The van der Waals surface area contributed by atoms with E-state index in [0.717, 1.165) is 0 Å². The van der Waals surface area contributed by atoms with Crippen molar-refractivity contribution in [1.82, 2.24) is 9.78 Å². The maximum atomic E-state index is 11.8. The molecule has 7 heteroatoms. The summed E-state index contributed by atoms with van der Waals surface area (Å²) >= 11 is 3.18. The summed E-state index contributed by atoms with van der Waals surface area (Å²) in [5.41, 5.74) is -1.08. The van der Waals surface area contributed by atoms with Gasteiger partial charge in [-0.05, 0) is 22.9 Å². The topological polar surface area (TPSA) is 87.4 Å². The zero-order chi connectivity index (χ0) is 13.8. The first-order chi connectivity index (χ1) is 8.41. The van der Waals surface area contributed by atoms with Gasteiger partial charge in [-0.3, -0.25) is 4.79 Å². The molecule has 1 aromatic rings. The lowest BCUT2D eigenvalue weighted by molar-refractivity contribution is 0.0132. The lowest BCUT2D eigenvalue weighted by atomic mass is 10.1. The summed E-state index contributed by atoms with van der Waals surface area (Å²) in [4.78, 5) is 11.8. The average Bonchev–Trinajstić information content (AvgIpc) is 2.34. The van der Waals surface area contributed by atoms with Crippen LogP contribution in [0.4, 0.5) is 5.69 Å². The lowest BCUT2D eigenvalue weighted by Crippen LogP contribution is -2.37. The number of nitrogens with zero attached hydrogens (tertiary/aromatic N) is 2. The van der Waals surface area contributed by atoms with Gasteiger partial charge in [-0.1, -0.05) is 6.08 Å². The average molecular weight is 318 g/mol. The van der Waals surface area contributed by atoms with E-state index >= 15 is 0 Å². The lowest BCUT2D eigenvalue weighted by Gasteiger charge is -2.21. The van der Waals surface area contributed by atoms with Gasteiger partial charge >= 0.3 is 0 Å². The van der Waals surface area contributed by atoms with E-state index < -0.39 is 5.60 Å². The molecule has 1 unspecified atom stereocenters. The number of aliphatic hydroxyl groups excluding tert-OH is 1. The minimum absolute atomic E-state index is 0.106. The second-order valence-electron chi connectivity index (χ2n) is 4.16. The second kappa shape index (κ2) is 6.12. The predicted molar refractivity (Wildman–Crippen MR) is 72.6 cm³/mol. The maximum absolute atomic E-state index is 11.8. The van der Waals surface area contributed by atoms with Gasteiger partial charge in [-0.15, -0.1) is 6.58 Å². The molecular weight excluding hydrogens is 302 g/mol. The Morgan fingerprint density at radius 2 is 2.39 bits per heavy atom. The van der Waals surface area contributed by atoms with Gasteiger partial charge in [0.05, 0.1) is 25.0 Å². The highest BCUT2D eigenvalue weighted by Crippen LogP contribution is 2.17. The van der Waals surface area contributed by atoms with E-state index in [1.807, 2.05) is 0 Å². The van der Waals surface area contributed by atoms with E-state index in [2.05, 4.69) is 32.9 Å². The zero-order valence-electron chi connectivity index (χ0n) is 10.1. The van der Waals surface area contributed by atoms with Crippen molar-refractivity contribution in [2.45, 2.75) is 19.1 Å². The minimum atomic E-state index is -1.25. The van der Waals surface area contributed by atoms with Crippen LogP contribution in [0.1, 0.15) is 6.92 Å². The van der Waals surface area contributed by atoms with Crippen molar-refractivity contribution in [3.63, 3.8) is 0 Å². The van der Waals surface area contributed by atoms with Crippen LogP contribution in [-0.2, 0) is 6.54 Å². The first kappa shape index (κ1) is 14.9. The smallest absolute Gasteiger partial charge is 0.283 e. The normalized spacial score (nSPS) is 14.0. The van der Waals surface area contributed by atoms with Gasteiger partial charge in [0, 0.05) is 6.54 Å². The van der Waals surface area contributed by atoms with Gasteiger partial charge in [-0.2, -0.15) is 5.10 Å². The number of hydrogen-bond donors (Lipinski definition) is 3. The van der Waals surface area contributed by atoms with Crippen molar-refractivity contribution in [1.29, 1.82) is 0 Å². The highest BCUT2D eigenvalue weighted by Gasteiger charge is 2.19. The first-order valence-electron chi connectivity index (χ1n) is 5.35. The van der Waals surface area contributed by atoms with Crippen LogP contribution >= 0.6 is 15.9 Å². The third-order valence-corrected chi connectivity index (χ3v) is 3.05. The van der Waals surface area contributed by atoms with Crippen LogP contribution in [0.15, 0.2) is 28.1 Å². The molecule has 0 bridgehead atoms. The molecule has 3 N–H and O–H groups in total. The highest BCUT2D eigenvalue weighted by molar-refractivity contribution is 9.10. The van der Waals surface area contributed by atoms with Gasteiger partial charge in [-0.25, -0.2) is 4.68 Å². The Morgan fingerprint density at radius 1 is 1.72 bits per heavy atom. The summed E-state index contributed by atoms with van der Waals surface area (Å²) in [6.07, 6.45) is 3.05. The molecule has 0 aliphatic rings. The fourth-order valence-electron chi connectivity index (χ4n) is 1.18. The van der Waals surface area contributed by atoms with E-state index in [4.69, 9.17) is 5.11 Å². The van der Waals surface area contributed by atoms with Crippen LogP contribution in [0.25, 0.3) is 0 Å². The van der Waals surface area contributed by atoms with Crippen molar-refractivity contribution in [3.05, 3.63) is 33.7 Å². The SMILES string of the molecule is C=CCn1ncc(NCC(C)(O)CO)c(Br)c1=O. The quantitative estimate of drug-likeness (QED) is 0.659. The Balaban J connectivity index is 2.89. The molecule has 18 heavy (non-hydrogen) atoms. The highest BCUT2D eigenvalue weighted by atomic mass is 79.9. The number of halogens is 1. The van der Waals surface area contributed by atoms with E-state index in [1.165, 1.54) is 17.8 Å². The standard InChI is InChI=1S/C11H16BrN3O3/c1-3-4-15-10(17)9(12)8(5-14-15)13-6-11(2,18)7-16/h3,5,13,16,18H,1,4,6-7H2,2H3. The molecule has 0 aliphatic heterocycles. The predicted octanol–water partition coefficient (Wildman–Crippen LogP) is 0.347. The van der Waals surface area contributed by atoms with Crippen molar-refractivity contribution in [3.8, 4) is 0 Å². The molecule has 0 radical (unpaired) electrons. The molecule has 1 atom stereocenters. The van der Waals surface area contributed by atoms with Gasteiger partial charge in [0.15, 0.2) is 0 Å². The molecule has 1 rings (SSSR count). The number of aliphatic hydroxyl groups is 2. The third kappa shape index (κ3) is 3.66. The van der Waals surface area contributed by atoms with E-state index in [0.29, 0.717) is 16.7 Å². The Labute approximate surface area is 113 Å². The van der Waals surface area contributed by atoms with E-state index in [1.54, 1.807) is 6.08 Å². The minimum Gasteiger partial charge on any atom is -0.393 e. The maximum Gasteiger partial charge on any atom is 0.283 e. The monoisotopic (exact) mass is 317 g/mol. The van der Waals surface area contributed by atoms with Crippen molar-refractivity contribution >= 4 is 21.6 Å². The molecule has 0 spiro atoms. The summed E-state index contributed by atoms with van der Waals surface area (Å²) in [5, 5.41) is 25.4. The van der Waals surface area contributed by atoms with Crippen LogP contribution in [-0.4, -0.2) is 38.7 Å². The largest absolute Gasteiger partial charge is 0.393 e. The van der Waals surface area contributed by atoms with Crippen LogP contribution in [0.5, 0.6) is 0 Å². The number of aromatic nitrogens is 2. The van der Waals surface area contributed by atoms with Crippen LogP contribution in [0.3, 0.4) is 0 Å². The first-order valence-corrected chi connectivity index (χ1v) is 6.14. The molecule has 1 aromatic heterocycles. The number of hydrogen-bond acceptors (Lipinski definition) is 5. The number of anilines is 1. The molecule has 0 fully saturated rings. The second-order valence-corrected chi connectivity index (χ2v) is 4.95. The van der Waals surface area contributed by atoms with Gasteiger partial charge < -0.3 is 15.5 Å². The summed E-state index contributed by atoms with van der Waals surface area (Å²) in [6.45, 7) is 5.08. The molecule has 0 aromatic carbocycles. The summed E-state index contributed by atoms with van der Waals surface area (Å²) < 4.78 is 1.58. The summed E-state index contributed by atoms with van der Waals surface area (Å²) in [6, 6.07) is 0. The Hall–Kier alpha value is -1.18. The molecule has 0 saturated heterocycles. The molecular formula is C11H16BrN3O3. The van der Waals surface area contributed by atoms with Gasteiger partial charge in [0.25, 0.3) is 5.56 Å². The van der Waals surface area contributed by atoms with Crippen LogP contribution < -0.4 is 10.9 Å². The molecule has 0 aliphatic carbocycles. The number of allylic oxidation sites excluding steroid dienone is 1. The van der Waals surface area contributed by atoms with Crippen LogP contribution in [0.2, 0.25) is 0 Å². The fourth-order valence-corrected chi connectivity index (χ4v) is 1.63. The number of nitrogens with one attached hydrogen (secondary N) is 1. The van der Waals surface area contributed by atoms with Crippen molar-refractivity contribution in [2.75, 3.05) is 18.5 Å². The third-order valence-electron chi connectivity index (χ3n) is 2.29. The van der Waals surface area contributed by atoms with E-state index in [-0.39, 0.29) is 18.7 Å².